The van der Waals surface area contributed by atoms with E-state index in [1.807, 2.05) is 37.3 Å². The van der Waals surface area contributed by atoms with Gasteiger partial charge in [0.25, 0.3) is 5.91 Å². The highest BCUT2D eigenvalue weighted by Crippen LogP contribution is 2.20. The van der Waals surface area contributed by atoms with Crippen LogP contribution in [0.4, 0.5) is 0 Å². The van der Waals surface area contributed by atoms with E-state index in [-0.39, 0.29) is 5.91 Å². The summed E-state index contributed by atoms with van der Waals surface area (Å²) in [5.41, 5.74) is 6.58. The molecule has 0 fully saturated rings. The molecule has 0 radical (unpaired) electrons. The second-order valence-electron chi connectivity index (χ2n) is 8.47. The third-order valence-electron chi connectivity index (χ3n) is 5.95. The fourth-order valence-electron chi connectivity index (χ4n) is 4.08. The van der Waals surface area contributed by atoms with E-state index < -0.39 is 0 Å². The number of hydrogen-bond acceptors (Lipinski definition) is 2. The number of hydrogen-bond donors (Lipinski definition) is 1. The predicted molar refractivity (Wildman–Crippen MR) is 131 cm³/mol. The zero-order valence-electron chi connectivity index (χ0n) is 19.0. The van der Waals surface area contributed by atoms with E-state index in [1.165, 1.54) is 16.6 Å². The summed E-state index contributed by atoms with van der Waals surface area (Å²) in [6.45, 7) is 5.62. The lowest BCUT2D eigenvalue weighted by Crippen LogP contribution is -2.25. The van der Waals surface area contributed by atoms with Crippen molar-refractivity contribution in [3.05, 3.63) is 101 Å². The van der Waals surface area contributed by atoms with E-state index in [0.29, 0.717) is 6.54 Å². The van der Waals surface area contributed by atoms with E-state index >= 15 is 0 Å². The molecule has 1 heterocycles. The first-order valence-electron chi connectivity index (χ1n) is 11.5. The summed E-state index contributed by atoms with van der Waals surface area (Å²) >= 11 is 0. The Balaban J connectivity index is 1.32. The van der Waals surface area contributed by atoms with Crippen LogP contribution in [0.2, 0.25) is 0 Å². The van der Waals surface area contributed by atoms with Gasteiger partial charge >= 0.3 is 0 Å². The van der Waals surface area contributed by atoms with Crippen LogP contribution in [0.25, 0.3) is 11.0 Å². The molecule has 164 valence electrons. The maximum absolute atomic E-state index is 12.3. The van der Waals surface area contributed by atoms with Crippen LogP contribution >= 0.6 is 0 Å². The molecule has 4 heteroatoms. The summed E-state index contributed by atoms with van der Waals surface area (Å²) in [4.78, 5) is 17.2. The van der Waals surface area contributed by atoms with Gasteiger partial charge in [-0.3, -0.25) is 4.79 Å². The maximum atomic E-state index is 12.3. The lowest BCUT2D eigenvalue weighted by atomic mass is 10.1. The largest absolute Gasteiger partial charge is 0.352 e. The molecule has 1 amide bonds. The number of unbranched alkanes of at least 4 members (excludes halogenated alkanes) is 2. The number of imidazole rings is 1. The second kappa shape index (κ2) is 10.3. The fraction of sp³-hybridized carbons (Fsp3) is 0.286. The zero-order chi connectivity index (χ0) is 22.3. The molecule has 0 saturated heterocycles. The van der Waals surface area contributed by atoms with Gasteiger partial charge in [-0.05, 0) is 56.0 Å². The Kier molecular flexibility index (Phi) is 7.00. The number of nitrogens with zero attached hydrogens (tertiary/aromatic N) is 2. The molecule has 0 atom stereocenters. The second-order valence-corrected chi connectivity index (χ2v) is 8.47. The summed E-state index contributed by atoms with van der Waals surface area (Å²) in [6.07, 6.45) is 4.02. The van der Waals surface area contributed by atoms with Crippen molar-refractivity contribution in [3.63, 3.8) is 0 Å². The molecule has 0 aliphatic rings. The van der Waals surface area contributed by atoms with Gasteiger partial charge in [-0.25, -0.2) is 4.98 Å². The average molecular weight is 426 g/mol. The number of aromatic nitrogens is 2. The summed E-state index contributed by atoms with van der Waals surface area (Å²) in [5, 5.41) is 3.05. The van der Waals surface area contributed by atoms with Gasteiger partial charge in [0, 0.05) is 25.1 Å². The first kappa shape index (κ1) is 21.8. The fourth-order valence-corrected chi connectivity index (χ4v) is 4.08. The molecule has 32 heavy (non-hydrogen) atoms. The number of carbonyl (C=O) groups is 1. The first-order valence-corrected chi connectivity index (χ1v) is 11.5. The van der Waals surface area contributed by atoms with Crippen LogP contribution < -0.4 is 5.32 Å². The van der Waals surface area contributed by atoms with Crippen LogP contribution in [-0.4, -0.2) is 22.0 Å². The molecule has 4 aromatic rings. The molecule has 0 aliphatic heterocycles. The van der Waals surface area contributed by atoms with Crippen LogP contribution in [0.3, 0.4) is 0 Å². The van der Waals surface area contributed by atoms with E-state index in [1.54, 1.807) is 0 Å². The van der Waals surface area contributed by atoms with Gasteiger partial charge in [0.05, 0.1) is 11.0 Å². The van der Waals surface area contributed by atoms with Crippen LogP contribution in [0.15, 0.2) is 72.8 Å². The van der Waals surface area contributed by atoms with Crippen LogP contribution in [-0.2, 0) is 13.0 Å². The Morgan fingerprint density at radius 1 is 0.875 bits per heavy atom. The van der Waals surface area contributed by atoms with Crippen LogP contribution in [0.5, 0.6) is 0 Å². The van der Waals surface area contributed by atoms with Crippen molar-refractivity contribution in [1.82, 2.24) is 14.9 Å². The molecule has 0 unspecified atom stereocenters. The number of aryl methyl sites for hydroxylation is 3. The smallest absolute Gasteiger partial charge is 0.251 e. The average Bonchev–Trinajstić information content (AvgIpc) is 3.15. The monoisotopic (exact) mass is 425 g/mol. The quantitative estimate of drug-likeness (QED) is 0.342. The number of rotatable bonds is 9. The molecule has 0 aliphatic carbocycles. The lowest BCUT2D eigenvalue weighted by Gasteiger charge is -2.10. The minimum atomic E-state index is 0.0167. The Morgan fingerprint density at radius 3 is 2.44 bits per heavy atom. The number of carbonyl (C=O) groups excluding carboxylic acids is 1. The third-order valence-corrected chi connectivity index (χ3v) is 5.95. The van der Waals surface area contributed by atoms with Crippen molar-refractivity contribution >= 4 is 16.9 Å². The van der Waals surface area contributed by atoms with Crippen molar-refractivity contribution < 1.29 is 4.79 Å². The lowest BCUT2D eigenvalue weighted by molar-refractivity contribution is 0.0952. The molecule has 0 spiro atoms. The highest BCUT2D eigenvalue weighted by Gasteiger charge is 2.11. The number of nitrogens with one attached hydrogen (secondary N) is 1. The highest BCUT2D eigenvalue weighted by molar-refractivity contribution is 5.95. The molecule has 3 aromatic carbocycles. The Hall–Kier alpha value is -3.40. The van der Waals surface area contributed by atoms with Gasteiger partial charge < -0.3 is 9.88 Å². The Labute approximate surface area is 190 Å². The SMILES string of the molecule is Cc1ccc(Cn2c(CCCCCNC(=O)c3ccccc3C)nc3ccccc32)cc1. The highest BCUT2D eigenvalue weighted by atomic mass is 16.1. The van der Waals surface area contributed by atoms with Gasteiger partial charge in [-0.15, -0.1) is 0 Å². The minimum Gasteiger partial charge on any atom is -0.352 e. The molecule has 0 saturated carbocycles. The van der Waals surface area contributed by atoms with Crippen molar-refractivity contribution in [3.8, 4) is 0 Å². The number of fused-ring (bicyclic) bond motifs is 1. The summed E-state index contributed by atoms with van der Waals surface area (Å²) in [6, 6.07) is 24.8. The van der Waals surface area contributed by atoms with Crippen molar-refractivity contribution in [2.45, 2.75) is 46.1 Å². The normalized spacial score (nSPS) is 11.1. The number of benzene rings is 3. The van der Waals surface area contributed by atoms with E-state index in [2.05, 4.69) is 59.3 Å². The Bertz CT molecular complexity index is 1190. The van der Waals surface area contributed by atoms with Gasteiger partial charge in [0.2, 0.25) is 0 Å². The van der Waals surface area contributed by atoms with Gasteiger partial charge in [0.1, 0.15) is 5.82 Å². The topological polar surface area (TPSA) is 46.9 Å². The summed E-state index contributed by atoms with van der Waals surface area (Å²) < 4.78 is 2.35. The molecular weight excluding hydrogens is 394 g/mol. The first-order chi connectivity index (χ1) is 15.6. The van der Waals surface area contributed by atoms with E-state index in [9.17, 15) is 4.79 Å². The van der Waals surface area contributed by atoms with E-state index in [0.717, 1.165) is 54.7 Å². The summed E-state index contributed by atoms with van der Waals surface area (Å²) in [5.74, 6) is 1.15. The molecule has 4 nitrogen and oxygen atoms in total. The molecular formula is C28H31N3O. The molecule has 0 bridgehead atoms. The minimum absolute atomic E-state index is 0.0167. The number of amides is 1. The van der Waals surface area contributed by atoms with Gasteiger partial charge in [0.15, 0.2) is 0 Å². The maximum Gasteiger partial charge on any atom is 0.251 e. The predicted octanol–water partition coefficient (Wildman–Crippen LogP) is 5.84. The zero-order valence-corrected chi connectivity index (χ0v) is 19.0. The van der Waals surface area contributed by atoms with Crippen molar-refractivity contribution in [1.29, 1.82) is 0 Å². The van der Waals surface area contributed by atoms with Crippen LogP contribution in [0.1, 0.15) is 52.1 Å². The van der Waals surface area contributed by atoms with Gasteiger partial charge in [-0.1, -0.05) is 66.6 Å². The van der Waals surface area contributed by atoms with Crippen molar-refractivity contribution in [2.24, 2.45) is 0 Å². The van der Waals surface area contributed by atoms with E-state index in [4.69, 9.17) is 4.98 Å². The van der Waals surface area contributed by atoms with Gasteiger partial charge in [-0.2, -0.15) is 0 Å². The van der Waals surface area contributed by atoms with Crippen molar-refractivity contribution in [2.75, 3.05) is 6.54 Å². The Morgan fingerprint density at radius 2 is 1.62 bits per heavy atom. The summed E-state index contributed by atoms with van der Waals surface area (Å²) in [7, 11) is 0. The van der Waals surface area contributed by atoms with Crippen LogP contribution in [0, 0.1) is 13.8 Å². The molecule has 1 N–H and O–H groups in total. The molecule has 1 aromatic heterocycles. The molecule has 4 rings (SSSR count). The third kappa shape index (κ3) is 5.25. The number of para-hydroxylation sites is 2. The standard InChI is InChI=1S/C28H31N3O/c1-21-15-17-23(18-16-21)20-31-26-13-8-7-12-25(26)30-27(31)14-4-3-9-19-29-28(32)24-11-6-5-10-22(24)2/h5-8,10-13,15-18H,3-4,9,14,19-20H2,1-2H3,(H,29,32).